The van der Waals surface area contributed by atoms with Crippen molar-refractivity contribution in [3.63, 3.8) is 0 Å². The van der Waals surface area contributed by atoms with Crippen molar-refractivity contribution in [3.05, 3.63) is 23.7 Å². The van der Waals surface area contributed by atoms with Gasteiger partial charge in [0.2, 0.25) is 5.16 Å². The van der Waals surface area contributed by atoms with Crippen LogP contribution in [-0.4, -0.2) is 50.1 Å². The lowest BCUT2D eigenvalue weighted by atomic mass is 10.1. The molecule has 0 saturated carbocycles. The molecule has 20 heavy (non-hydrogen) atoms. The van der Waals surface area contributed by atoms with Crippen molar-refractivity contribution in [3.8, 4) is 0 Å². The number of Topliss-reactive ketones (excluding diaryl/α,β-unsaturated/α-hetero) is 1. The summed E-state index contributed by atoms with van der Waals surface area (Å²) in [5.41, 5.74) is 1.24. The maximum atomic E-state index is 11.7. The average Bonchev–Trinajstić information content (AvgIpc) is 2.78. The Morgan fingerprint density at radius 3 is 2.85 bits per heavy atom. The highest BCUT2D eigenvalue weighted by Gasteiger charge is 2.14. The van der Waals surface area contributed by atoms with E-state index in [4.69, 9.17) is 0 Å². The van der Waals surface area contributed by atoms with Crippen LogP contribution in [0, 0.1) is 0 Å². The van der Waals surface area contributed by atoms with Gasteiger partial charge in [-0.1, -0.05) is 18.7 Å². The molecule has 0 aliphatic heterocycles. The predicted molar refractivity (Wildman–Crippen MR) is 79.9 cm³/mol. The van der Waals surface area contributed by atoms with Crippen molar-refractivity contribution in [1.29, 1.82) is 0 Å². The molecule has 2 aromatic rings. The lowest BCUT2D eigenvalue weighted by molar-refractivity contribution is 0.101. The van der Waals surface area contributed by atoms with E-state index in [1.807, 2.05) is 38.2 Å². The molecule has 0 fully saturated rings. The largest absolute Gasteiger partial charge is 0.383 e. The van der Waals surface area contributed by atoms with Crippen LogP contribution in [0.25, 0.3) is 11.9 Å². The van der Waals surface area contributed by atoms with Gasteiger partial charge in [-0.2, -0.15) is 9.50 Å². The first kappa shape index (κ1) is 14.5. The highest BCUT2D eigenvalue weighted by Crippen LogP contribution is 2.17. The molecule has 0 unspecified atom stereocenters. The summed E-state index contributed by atoms with van der Waals surface area (Å²) in [6.07, 6.45) is 5.28. The van der Waals surface area contributed by atoms with Gasteiger partial charge in [-0.15, -0.1) is 5.10 Å². The van der Waals surface area contributed by atoms with Gasteiger partial charge in [0.05, 0.1) is 11.3 Å². The number of rotatable bonds is 5. The summed E-state index contributed by atoms with van der Waals surface area (Å²) in [5.74, 6) is 1.35. The van der Waals surface area contributed by atoms with Crippen LogP contribution in [0.5, 0.6) is 0 Å². The zero-order chi connectivity index (χ0) is 14.7. The SMILES string of the molecule is CCSc1nc2ncc(C(C)=O)c(/C=C/N(C)C)n2n1. The second-order valence-electron chi connectivity index (χ2n) is 4.43. The van der Waals surface area contributed by atoms with E-state index in [0.29, 0.717) is 22.2 Å². The Hall–Kier alpha value is -1.89. The van der Waals surface area contributed by atoms with E-state index in [1.54, 1.807) is 22.5 Å². The van der Waals surface area contributed by atoms with Crippen molar-refractivity contribution in [2.45, 2.75) is 19.0 Å². The molecule has 0 bridgehead atoms. The number of hydrogen-bond donors (Lipinski definition) is 0. The molecule has 0 amide bonds. The number of hydrogen-bond acceptors (Lipinski definition) is 6. The smallest absolute Gasteiger partial charge is 0.253 e. The Bertz CT molecular complexity index is 662. The van der Waals surface area contributed by atoms with Crippen LogP contribution >= 0.6 is 11.8 Å². The van der Waals surface area contributed by atoms with Crippen LogP contribution in [-0.2, 0) is 0 Å². The molecule has 0 spiro atoms. The number of nitrogens with zero attached hydrogens (tertiary/aromatic N) is 5. The normalized spacial score (nSPS) is 11.4. The standard InChI is InChI=1S/C13H17N5OS/c1-5-20-13-15-12-14-8-10(9(2)19)11(18(12)16-13)6-7-17(3)4/h6-8H,5H2,1-4H3/b7-6+. The second-order valence-corrected chi connectivity index (χ2v) is 5.66. The Morgan fingerprint density at radius 2 is 2.25 bits per heavy atom. The number of carbonyl (C=O) groups excluding carboxylic acids is 1. The molecule has 0 radical (unpaired) electrons. The van der Waals surface area contributed by atoms with E-state index in [1.165, 1.54) is 6.92 Å². The minimum atomic E-state index is -0.0435. The fraction of sp³-hybridized carbons (Fsp3) is 0.385. The lowest BCUT2D eigenvalue weighted by Crippen LogP contribution is -2.07. The molecular weight excluding hydrogens is 274 g/mol. The predicted octanol–water partition coefficient (Wildman–Crippen LogP) is 1.97. The van der Waals surface area contributed by atoms with Crippen LogP contribution < -0.4 is 0 Å². The maximum absolute atomic E-state index is 11.7. The minimum absolute atomic E-state index is 0.0435. The van der Waals surface area contributed by atoms with E-state index in [2.05, 4.69) is 15.1 Å². The monoisotopic (exact) mass is 291 g/mol. The molecule has 0 N–H and O–H groups in total. The Kier molecular flexibility index (Phi) is 4.39. The molecule has 0 aliphatic rings. The summed E-state index contributed by atoms with van der Waals surface area (Å²) in [5, 5.41) is 5.07. The van der Waals surface area contributed by atoms with Gasteiger partial charge in [0.15, 0.2) is 5.78 Å². The first-order valence-corrected chi connectivity index (χ1v) is 7.25. The zero-order valence-electron chi connectivity index (χ0n) is 12.0. The molecule has 0 atom stereocenters. The van der Waals surface area contributed by atoms with Gasteiger partial charge in [0, 0.05) is 26.5 Å². The molecule has 2 heterocycles. The van der Waals surface area contributed by atoms with E-state index in [-0.39, 0.29) is 5.78 Å². The van der Waals surface area contributed by atoms with E-state index >= 15 is 0 Å². The van der Waals surface area contributed by atoms with Gasteiger partial charge in [-0.3, -0.25) is 4.79 Å². The molecule has 0 aliphatic carbocycles. The topological polar surface area (TPSA) is 63.4 Å². The number of ketones is 1. The summed E-state index contributed by atoms with van der Waals surface area (Å²) in [6, 6.07) is 0. The quantitative estimate of drug-likeness (QED) is 0.620. The van der Waals surface area contributed by atoms with E-state index in [9.17, 15) is 4.79 Å². The van der Waals surface area contributed by atoms with Crippen molar-refractivity contribution in [2.75, 3.05) is 19.8 Å². The van der Waals surface area contributed by atoms with Crippen LogP contribution in [0.2, 0.25) is 0 Å². The van der Waals surface area contributed by atoms with Crippen LogP contribution in [0.15, 0.2) is 17.6 Å². The highest BCUT2D eigenvalue weighted by molar-refractivity contribution is 7.99. The molecule has 7 heteroatoms. The summed E-state index contributed by atoms with van der Waals surface area (Å²) in [6.45, 7) is 3.56. The first-order chi connectivity index (χ1) is 9.52. The van der Waals surface area contributed by atoms with Crippen molar-refractivity contribution >= 4 is 29.4 Å². The third kappa shape index (κ3) is 2.98. The fourth-order valence-electron chi connectivity index (χ4n) is 1.67. The van der Waals surface area contributed by atoms with E-state index in [0.717, 1.165) is 5.75 Å². The Balaban J connectivity index is 2.62. The van der Waals surface area contributed by atoms with Crippen molar-refractivity contribution in [1.82, 2.24) is 24.5 Å². The van der Waals surface area contributed by atoms with Gasteiger partial charge in [-0.25, -0.2) is 4.98 Å². The summed E-state index contributed by atoms with van der Waals surface area (Å²) >= 11 is 1.55. The summed E-state index contributed by atoms with van der Waals surface area (Å²) in [7, 11) is 3.84. The number of aromatic nitrogens is 4. The van der Waals surface area contributed by atoms with Gasteiger partial charge in [0.25, 0.3) is 5.78 Å². The number of fused-ring (bicyclic) bond motifs is 1. The van der Waals surface area contributed by atoms with Crippen LogP contribution in [0.3, 0.4) is 0 Å². The molecule has 106 valence electrons. The van der Waals surface area contributed by atoms with Crippen LogP contribution in [0.4, 0.5) is 0 Å². The average molecular weight is 291 g/mol. The lowest BCUT2D eigenvalue weighted by Gasteiger charge is -2.06. The molecule has 0 saturated heterocycles. The Morgan fingerprint density at radius 1 is 1.50 bits per heavy atom. The number of carbonyl (C=O) groups is 1. The minimum Gasteiger partial charge on any atom is -0.383 e. The third-order valence-electron chi connectivity index (χ3n) is 2.57. The molecule has 0 aromatic carbocycles. The summed E-state index contributed by atoms with van der Waals surface area (Å²) in [4.78, 5) is 22.2. The first-order valence-electron chi connectivity index (χ1n) is 6.27. The summed E-state index contributed by atoms with van der Waals surface area (Å²) < 4.78 is 1.62. The van der Waals surface area contributed by atoms with Crippen molar-refractivity contribution < 1.29 is 4.79 Å². The van der Waals surface area contributed by atoms with Gasteiger partial charge >= 0.3 is 0 Å². The fourth-order valence-corrected chi connectivity index (χ4v) is 2.22. The van der Waals surface area contributed by atoms with Gasteiger partial charge < -0.3 is 4.90 Å². The van der Waals surface area contributed by atoms with Gasteiger partial charge in [0.1, 0.15) is 0 Å². The maximum Gasteiger partial charge on any atom is 0.253 e. The van der Waals surface area contributed by atoms with Crippen molar-refractivity contribution in [2.24, 2.45) is 0 Å². The second kappa shape index (κ2) is 6.04. The highest BCUT2D eigenvalue weighted by atomic mass is 32.2. The van der Waals surface area contributed by atoms with E-state index < -0.39 is 0 Å². The van der Waals surface area contributed by atoms with Gasteiger partial charge in [-0.05, 0) is 18.8 Å². The molecule has 2 rings (SSSR count). The third-order valence-corrected chi connectivity index (χ3v) is 3.29. The molecule has 6 nitrogen and oxygen atoms in total. The van der Waals surface area contributed by atoms with Crippen LogP contribution in [0.1, 0.15) is 29.9 Å². The Labute approximate surface area is 121 Å². The number of thioether (sulfide) groups is 1. The zero-order valence-corrected chi connectivity index (χ0v) is 12.8. The molecular formula is C13H17N5OS. The molecule has 2 aromatic heterocycles.